The highest BCUT2D eigenvalue weighted by Gasteiger charge is 2.29. The van der Waals surface area contributed by atoms with E-state index in [1.807, 2.05) is 7.05 Å². The molecule has 22 heavy (non-hydrogen) atoms. The van der Waals surface area contributed by atoms with Crippen LogP contribution in [0, 0.1) is 5.92 Å². The van der Waals surface area contributed by atoms with E-state index >= 15 is 0 Å². The highest BCUT2D eigenvalue weighted by atomic mass is 127. The number of halogens is 1. The molecule has 2 aliphatic rings. The van der Waals surface area contributed by atoms with Crippen LogP contribution in [0.25, 0.3) is 0 Å². The highest BCUT2D eigenvalue weighted by Crippen LogP contribution is 2.36. The van der Waals surface area contributed by atoms with Gasteiger partial charge in [0.2, 0.25) is 0 Å². The van der Waals surface area contributed by atoms with Crippen molar-refractivity contribution in [3.8, 4) is 0 Å². The van der Waals surface area contributed by atoms with Gasteiger partial charge < -0.3 is 15.5 Å². The normalized spacial score (nSPS) is 29.4. The van der Waals surface area contributed by atoms with Crippen molar-refractivity contribution >= 4 is 41.7 Å². The molecule has 2 unspecified atom stereocenters. The zero-order valence-corrected chi connectivity index (χ0v) is 17.5. The highest BCUT2D eigenvalue weighted by molar-refractivity contribution is 14.0. The van der Waals surface area contributed by atoms with Gasteiger partial charge >= 0.3 is 0 Å². The number of hydrogen-bond acceptors (Lipinski definition) is 3. The van der Waals surface area contributed by atoms with Crippen molar-refractivity contribution in [3.05, 3.63) is 0 Å². The predicted molar refractivity (Wildman–Crippen MR) is 110 cm³/mol. The number of thioether (sulfide) groups is 1. The molecule has 2 fully saturated rings. The summed E-state index contributed by atoms with van der Waals surface area (Å²) in [4.78, 5) is 6.95. The molecule has 0 aliphatic carbocycles. The molecule has 130 valence electrons. The zero-order valence-electron chi connectivity index (χ0n) is 14.4. The van der Waals surface area contributed by atoms with Gasteiger partial charge in [-0.1, -0.05) is 6.92 Å². The maximum atomic E-state index is 4.37. The van der Waals surface area contributed by atoms with Gasteiger partial charge in [-0.2, -0.15) is 11.8 Å². The lowest BCUT2D eigenvalue weighted by atomic mass is 10.1. The largest absolute Gasteiger partial charge is 0.356 e. The van der Waals surface area contributed by atoms with E-state index in [-0.39, 0.29) is 24.0 Å². The molecule has 2 saturated heterocycles. The number of nitrogens with one attached hydrogen (secondary N) is 2. The monoisotopic (exact) mass is 440 g/mol. The molecule has 0 aromatic heterocycles. The lowest BCUT2D eigenvalue weighted by Crippen LogP contribution is -2.45. The lowest BCUT2D eigenvalue weighted by Gasteiger charge is -2.24. The molecular weight excluding hydrogens is 407 g/mol. The third-order valence-corrected chi connectivity index (χ3v) is 6.16. The number of nitrogens with zero attached hydrogens (tertiary/aromatic N) is 2. The van der Waals surface area contributed by atoms with Crippen LogP contribution in [-0.2, 0) is 0 Å². The van der Waals surface area contributed by atoms with Gasteiger partial charge in [-0.05, 0) is 57.4 Å². The third kappa shape index (κ3) is 6.43. The summed E-state index contributed by atoms with van der Waals surface area (Å²) in [5, 5.41) is 7.03. The molecule has 4 nitrogen and oxygen atoms in total. The van der Waals surface area contributed by atoms with E-state index in [1.54, 1.807) is 0 Å². The minimum absolute atomic E-state index is 0. The average Bonchev–Trinajstić information content (AvgIpc) is 3.09. The number of aliphatic imine (C=N–C) groups is 1. The predicted octanol–water partition coefficient (Wildman–Crippen LogP) is 2.79. The summed E-state index contributed by atoms with van der Waals surface area (Å²) in [7, 11) is 1.87. The summed E-state index contributed by atoms with van der Waals surface area (Å²) in [6, 6.07) is 0. The van der Waals surface area contributed by atoms with Crippen LogP contribution in [0.5, 0.6) is 0 Å². The van der Waals surface area contributed by atoms with E-state index in [0.29, 0.717) is 4.75 Å². The smallest absolute Gasteiger partial charge is 0.191 e. The van der Waals surface area contributed by atoms with Crippen LogP contribution in [0.2, 0.25) is 0 Å². The molecule has 2 aliphatic heterocycles. The van der Waals surface area contributed by atoms with Gasteiger partial charge in [0.25, 0.3) is 0 Å². The van der Waals surface area contributed by atoms with Crippen LogP contribution >= 0.6 is 35.7 Å². The van der Waals surface area contributed by atoms with Crippen molar-refractivity contribution in [2.75, 3.05) is 45.5 Å². The Balaban J connectivity index is 0.00000242. The first kappa shape index (κ1) is 20.4. The van der Waals surface area contributed by atoms with E-state index in [9.17, 15) is 0 Å². The van der Waals surface area contributed by atoms with Crippen LogP contribution in [0.3, 0.4) is 0 Å². The first-order valence-corrected chi connectivity index (χ1v) is 9.44. The Kier molecular flexibility index (Phi) is 9.47. The van der Waals surface area contributed by atoms with Gasteiger partial charge in [-0.25, -0.2) is 0 Å². The minimum atomic E-state index is 0. The Labute approximate surface area is 157 Å². The Morgan fingerprint density at radius 1 is 1.41 bits per heavy atom. The second kappa shape index (κ2) is 10.2. The Morgan fingerprint density at radius 2 is 2.23 bits per heavy atom. The fourth-order valence-corrected chi connectivity index (χ4v) is 4.55. The van der Waals surface area contributed by atoms with Gasteiger partial charge in [0.15, 0.2) is 5.96 Å². The molecular formula is C16H33IN4S. The molecule has 0 aromatic rings. The molecule has 0 amide bonds. The van der Waals surface area contributed by atoms with E-state index in [1.165, 1.54) is 51.1 Å². The molecule has 2 heterocycles. The van der Waals surface area contributed by atoms with Gasteiger partial charge in [0, 0.05) is 31.4 Å². The van der Waals surface area contributed by atoms with Gasteiger partial charge in [0.1, 0.15) is 0 Å². The number of likely N-dealkylation sites (tertiary alicyclic amines) is 1. The number of rotatable bonds is 6. The molecule has 2 N–H and O–H groups in total. The second-order valence-corrected chi connectivity index (χ2v) is 8.35. The molecule has 0 bridgehead atoms. The minimum Gasteiger partial charge on any atom is -0.356 e. The number of hydrogen-bond donors (Lipinski definition) is 2. The molecule has 2 atom stereocenters. The standard InChI is InChI=1S/C16H32N4S.HI/c1-4-8-20-9-6-14(12-20)11-18-15(17-3)19-13-16(2)7-5-10-21-16;/h14H,4-13H2,1-3H3,(H2,17,18,19);1H. The summed E-state index contributed by atoms with van der Waals surface area (Å²) < 4.78 is 0.392. The third-order valence-electron chi connectivity index (χ3n) is 4.62. The summed E-state index contributed by atoms with van der Waals surface area (Å²) in [6.45, 7) is 10.4. The van der Waals surface area contributed by atoms with Gasteiger partial charge in [-0.3, -0.25) is 4.99 Å². The van der Waals surface area contributed by atoms with Crippen molar-refractivity contribution < 1.29 is 0 Å². The fraction of sp³-hybridized carbons (Fsp3) is 0.938. The lowest BCUT2D eigenvalue weighted by molar-refractivity contribution is 0.324. The van der Waals surface area contributed by atoms with Crippen molar-refractivity contribution in [1.29, 1.82) is 0 Å². The van der Waals surface area contributed by atoms with Crippen molar-refractivity contribution in [3.63, 3.8) is 0 Å². The maximum absolute atomic E-state index is 4.37. The van der Waals surface area contributed by atoms with Crippen LogP contribution in [0.4, 0.5) is 0 Å². The van der Waals surface area contributed by atoms with Crippen LogP contribution in [-0.4, -0.2) is 61.1 Å². The van der Waals surface area contributed by atoms with E-state index in [0.717, 1.165) is 25.0 Å². The van der Waals surface area contributed by atoms with Gasteiger partial charge in [-0.15, -0.1) is 24.0 Å². The Morgan fingerprint density at radius 3 is 2.86 bits per heavy atom. The first-order chi connectivity index (χ1) is 10.1. The van der Waals surface area contributed by atoms with Crippen molar-refractivity contribution in [2.45, 2.75) is 44.3 Å². The quantitative estimate of drug-likeness (QED) is 0.379. The van der Waals surface area contributed by atoms with Crippen LogP contribution in [0.15, 0.2) is 4.99 Å². The summed E-state index contributed by atoms with van der Waals surface area (Å²) >= 11 is 2.09. The number of guanidine groups is 1. The van der Waals surface area contributed by atoms with Crippen LogP contribution < -0.4 is 10.6 Å². The fourth-order valence-electron chi connectivity index (χ4n) is 3.31. The zero-order chi connectivity index (χ0) is 15.1. The maximum Gasteiger partial charge on any atom is 0.191 e. The first-order valence-electron chi connectivity index (χ1n) is 8.46. The molecule has 2 rings (SSSR count). The van der Waals surface area contributed by atoms with Crippen molar-refractivity contribution in [2.24, 2.45) is 10.9 Å². The Bertz CT molecular complexity index is 345. The van der Waals surface area contributed by atoms with E-state index in [4.69, 9.17) is 0 Å². The van der Waals surface area contributed by atoms with E-state index in [2.05, 4.69) is 46.1 Å². The topological polar surface area (TPSA) is 39.7 Å². The summed E-state index contributed by atoms with van der Waals surface area (Å²) in [5.41, 5.74) is 0. The van der Waals surface area contributed by atoms with Crippen LogP contribution in [0.1, 0.15) is 39.5 Å². The molecule has 0 radical (unpaired) electrons. The molecule has 0 spiro atoms. The van der Waals surface area contributed by atoms with Gasteiger partial charge in [0.05, 0.1) is 0 Å². The molecule has 0 aromatic carbocycles. The summed E-state index contributed by atoms with van der Waals surface area (Å²) in [5.74, 6) is 3.05. The average molecular weight is 440 g/mol. The Hall–Kier alpha value is 0.310. The summed E-state index contributed by atoms with van der Waals surface area (Å²) in [6.07, 6.45) is 5.25. The van der Waals surface area contributed by atoms with Crippen molar-refractivity contribution in [1.82, 2.24) is 15.5 Å². The van der Waals surface area contributed by atoms with E-state index < -0.39 is 0 Å². The SMILES string of the molecule is CCCN1CCC(CNC(=NC)NCC2(C)CCCS2)C1.I. The molecule has 0 saturated carbocycles. The second-order valence-electron chi connectivity index (χ2n) is 6.66. The molecule has 6 heteroatoms.